The summed E-state index contributed by atoms with van der Waals surface area (Å²) in [4.78, 5) is 85.2. The van der Waals surface area contributed by atoms with Crippen LogP contribution in [0, 0.1) is 35.1 Å². The Morgan fingerprint density at radius 2 is 1.00 bits per heavy atom. The molecule has 2 amide bonds. The Kier molecular flexibility index (Phi) is 18.8. The number of halogens is 4. The normalized spacial score (nSPS) is 19.3. The van der Waals surface area contributed by atoms with Crippen molar-refractivity contribution in [3.8, 4) is 11.5 Å². The maximum absolute atomic E-state index is 14.2. The van der Waals surface area contributed by atoms with Crippen LogP contribution >= 0.6 is 0 Å². The predicted molar refractivity (Wildman–Crippen MR) is 298 cm³/mol. The third kappa shape index (κ3) is 12.2. The number of carbonyl (C=O) groups is 4. The average molecular weight is 1120 g/mol. The van der Waals surface area contributed by atoms with Crippen molar-refractivity contribution in [1.29, 1.82) is 0 Å². The number of aryl methyl sites for hydroxylation is 2. The van der Waals surface area contributed by atoms with Gasteiger partial charge in [0, 0.05) is 88.1 Å². The van der Waals surface area contributed by atoms with E-state index >= 15 is 0 Å². The van der Waals surface area contributed by atoms with Gasteiger partial charge in [0.25, 0.3) is 11.8 Å². The van der Waals surface area contributed by atoms with Crippen molar-refractivity contribution in [1.82, 2.24) is 18.9 Å². The van der Waals surface area contributed by atoms with Crippen molar-refractivity contribution in [2.45, 2.75) is 117 Å². The lowest BCUT2D eigenvalue weighted by molar-refractivity contribution is 0.0537. The van der Waals surface area contributed by atoms with Crippen molar-refractivity contribution in [3.05, 3.63) is 198 Å². The molecule has 0 saturated heterocycles. The van der Waals surface area contributed by atoms with E-state index in [1.807, 2.05) is 88.4 Å². The Labute approximate surface area is 468 Å². The van der Waals surface area contributed by atoms with Crippen LogP contribution in [-0.4, -0.2) is 92.9 Å². The van der Waals surface area contributed by atoms with Gasteiger partial charge in [0.15, 0.2) is 34.5 Å². The summed E-state index contributed by atoms with van der Waals surface area (Å²) >= 11 is 0. The number of fused-ring (bicyclic) bond motifs is 4. The van der Waals surface area contributed by atoms with Gasteiger partial charge in [-0.05, 0) is 87.8 Å². The molecule has 6 aromatic rings. The molecule has 4 aromatic carbocycles. The lowest BCUT2D eigenvalue weighted by Gasteiger charge is -2.40. The molecule has 430 valence electrons. The van der Waals surface area contributed by atoms with Crippen molar-refractivity contribution in [3.63, 3.8) is 0 Å². The Morgan fingerprint density at radius 1 is 0.605 bits per heavy atom. The number of Topliss-reactive ketones (excluding diaryl/α,β-unsaturated/α-hetero) is 2. The highest BCUT2D eigenvalue weighted by Crippen LogP contribution is 2.55. The number of ketones is 2. The number of aliphatic hydroxyl groups is 1. The molecule has 4 heterocycles. The molecular weight excluding hydrogens is 1050 g/mol. The van der Waals surface area contributed by atoms with Gasteiger partial charge in [-0.3, -0.25) is 28.8 Å². The molecule has 4 atom stereocenters. The molecule has 2 aromatic heterocycles. The van der Waals surface area contributed by atoms with Crippen molar-refractivity contribution in [2.75, 3.05) is 33.4 Å². The standard InChI is InChI=1S/C31H32F2N2O5.C30H30F2N2O5.2CH4/c1-19(2)34-18-31(14-22(31)17-39-3)35-15-24(26(36)12-10-21-9-11-23(32)13-25(21)33)28(37)29(27(35)30(34)38)40-16-20-7-5-4-6-8-20;1-18(2)33-17-30(13-21(30)15-35)34-14-23(25(36)11-9-20-8-10-22(31)12-24(20)32)27(37)28(26(34)29(33)38)39-16-19-6-4-3-5-7-19;;/h4-9,11,13,15,19,22H,10,12,14,16-18H2,1-3H3;3-8,10,12,14,18,21,35H,9,11,13,15-17H2,1-2H3;2*1H4/t22-,31+;21-,30+;;/m11../s1. The largest absolute Gasteiger partial charge is 0.483 e. The zero-order valence-corrected chi connectivity index (χ0v) is 44.6. The SMILES string of the molecule is C.C.CC(C)N1C[C@]2(C[C@@H]2CO)n2cc(C(=O)CCc3ccc(F)cc3F)c(=O)c(OCc3ccccc3)c2C1=O.COC[C@H]1C[C@]12CN(C(C)C)C(=O)c1c(OCc3ccccc3)c(=O)c(C(=O)CCc3ccc(F)cc3F)cn12. The first-order chi connectivity index (χ1) is 37.8. The van der Waals surface area contributed by atoms with Crippen LogP contribution < -0.4 is 20.3 Å². The van der Waals surface area contributed by atoms with Crippen LogP contribution in [0.25, 0.3) is 0 Å². The Balaban J connectivity index is 0.000000228. The summed E-state index contributed by atoms with van der Waals surface area (Å²) in [5, 5.41) is 10.0. The third-order valence-electron chi connectivity index (χ3n) is 15.7. The smallest absolute Gasteiger partial charge is 0.274 e. The molecule has 10 rings (SSSR count). The maximum Gasteiger partial charge on any atom is 0.274 e. The number of ether oxygens (including phenoxy) is 3. The number of nitrogens with zero attached hydrogens (tertiary/aromatic N) is 4. The summed E-state index contributed by atoms with van der Waals surface area (Å²) in [6, 6.07) is 24.4. The number of aliphatic hydroxyl groups excluding tert-OH is 1. The van der Waals surface area contributed by atoms with Crippen LogP contribution in [0.4, 0.5) is 17.6 Å². The minimum atomic E-state index is -0.765. The molecule has 2 saturated carbocycles. The number of rotatable bonds is 19. The van der Waals surface area contributed by atoms with Crippen LogP contribution in [0.15, 0.2) is 119 Å². The van der Waals surface area contributed by atoms with E-state index in [2.05, 4.69) is 0 Å². The second-order valence-electron chi connectivity index (χ2n) is 21.4. The van der Waals surface area contributed by atoms with E-state index in [1.165, 1.54) is 24.5 Å². The van der Waals surface area contributed by atoms with E-state index in [9.17, 15) is 51.4 Å². The van der Waals surface area contributed by atoms with Crippen LogP contribution in [0.2, 0.25) is 0 Å². The minimum Gasteiger partial charge on any atom is -0.483 e. The molecule has 2 fully saturated rings. The summed E-state index contributed by atoms with van der Waals surface area (Å²) < 4.78 is 75.9. The first-order valence-corrected chi connectivity index (χ1v) is 26.4. The number of methoxy groups -OCH3 is 1. The quantitative estimate of drug-likeness (QED) is 0.0609. The van der Waals surface area contributed by atoms with Gasteiger partial charge in [0.05, 0.1) is 28.8 Å². The zero-order chi connectivity index (χ0) is 56.5. The van der Waals surface area contributed by atoms with E-state index in [0.717, 1.165) is 35.4 Å². The van der Waals surface area contributed by atoms with Crippen molar-refractivity contribution in [2.24, 2.45) is 11.8 Å². The number of amides is 2. The highest BCUT2D eigenvalue weighted by Gasteiger charge is 2.62. The van der Waals surface area contributed by atoms with Gasteiger partial charge in [0.1, 0.15) is 36.5 Å². The molecule has 2 aliphatic heterocycles. The van der Waals surface area contributed by atoms with Gasteiger partial charge in [0.2, 0.25) is 10.9 Å². The summed E-state index contributed by atoms with van der Waals surface area (Å²) in [5.41, 5.74) is -0.792. The molecule has 2 spiro atoms. The van der Waals surface area contributed by atoms with Gasteiger partial charge in [-0.15, -0.1) is 0 Å². The lowest BCUT2D eigenvalue weighted by Crippen LogP contribution is -2.52. The highest BCUT2D eigenvalue weighted by molar-refractivity contribution is 6.01. The fraction of sp³-hybridized carbons (Fsp3) is 0.397. The topological polar surface area (TPSA) is 167 Å². The zero-order valence-electron chi connectivity index (χ0n) is 44.6. The highest BCUT2D eigenvalue weighted by atomic mass is 19.1. The van der Waals surface area contributed by atoms with Gasteiger partial charge in [-0.2, -0.15) is 0 Å². The number of benzene rings is 4. The predicted octanol–water partition coefficient (Wildman–Crippen LogP) is 10.1. The van der Waals surface area contributed by atoms with E-state index in [1.54, 1.807) is 26.0 Å². The average Bonchev–Trinajstić information content (AvgIpc) is 4.30. The first-order valence-electron chi connectivity index (χ1n) is 26.4. The maximum atomic E-state index is 14.2. The van der Waals surface area contributed by atoms with E-state index in [-0.39, 0.29) is 141 Å². The number of hydrogen-bond acceptors (Lipinski definition) is 10. The van der Waals surface area contributed by atoms with Crippen LogP contribution in [-0.2, 0) is 41.9 Å². The number of aromatic nitrogens is 2. The third-order valence-corrected chi connectivity index (χ3v) is 15.7. The van der Waals surface area contributed by atoms with Gasteiger partial charge >= 0.3 is 0 Å². The molecule has 0 bridgehead atoms. The molecule has 0 radical (unpaired) electrons. The van der Waals surface area contributed by atoms with Crippen LogP contribution in [0.5, 0.6) is 11.5 Å². The fourth-order valence-corrected chi connectivity index (χ4v) is 11.0. The van der Waals surface area contributed by atoms with E-state index in [0.29, 0.717) is 32.5 Å². The molecule has 4 aliphatic rings. The summed E-state index contributed by atoms with van der Waals surface area (Å²) in [7, 11) is 1.62. The molecular formula is C63H70F4N4O10. The van der Waals surface area contributed by atoms with Crippen LogP contribution in [0.3, 0.4) is 0 Å². The van der Waals surface area contributed by atoms with Crippen molar-refractivity contribution >= 4 is 23.4 Å². The Bertz CT molecular complexity index is 3440. The molecule has 14 nitrogen and oxygen atoms in total. The lowest BCUT2D eigenvalue weighted by atomic mass is 9.99. The fourth-order valence-electron chi connectivity index (χ4n) is 11.0. The molecule has 81 heavy (non-hydrogen) atoms. The molecule has 18 heteroatoms. The second kappa shape index (κ2) is 25.0. The van der Waals surface area contributed by atoms with E-state index < -0.39 is 56.8 Å². The van der Waals surface area contributed by atoms with Gasteiger partial charge < -0.3 is 38.3 Å². The summed E-state index contributed by atoms with van der Waals surface area (Å²) in [6.45, 7) is 8.74. The minimum absolute atomic E-state index is 0. The number of carbonyl (C=O) groups excluding carboxylic acids is 4. The van der Waals surface area contributed by atoms with Gasteiger partial charge in [-0.25, -0.2) is 17.6 Å². The Hall–Kier alpha value is -7.70. The number of hydrogen-bond donors (Lipinski definition) is 1. The van der Waals surface area contributed by atoms with Gasteiger partial charge in [-0.1, -0.05) is 87.6 Å². The van der Waals surface area contributed by atoms with E-state index in [4.69, 9.17) is 14.2 Å². The number of pyridine rings is 2. The molecule has 2 aliphatic carbocycles. The molecule has 0 unspecified atom stereocenters. The molecule has 1 N–H and O–H groups in total. The van der Waals surface area contributed by atoms with Crippen molar-refractivity contribution < 1.29 is 56.1 Å². The second-order valence-corrected chi connectivity index (χ2v) is 21.4. The van der Waals surface area contributed by atoms with Crippen LogP contribution in [0.1, 0.15) is 132 Å². The monoisotopic (exact) mass is 1120 g/mol. The first kappa shape index (κ1) is 60.9. The summed E-state index contributed by atoms with van der Waals surface area (Å²) in [6.07, 6.45) is 3.75. The Morgan fingerprint density at radius 3 is 1.36 bits per heavy atom. The summed E-state index contributed by atoms with van der Waals surface area (Å²) in [5.74, 6) is -5.17.